The summed E-state index contributed by atoms with van der Waals surface area (Å²) in [6, 6.07) is 20.7. The molecule has 0 radical (unpaired) electrons. The topological polar surface area (TPSA) is 113 Å². The molecule has 3 aromatic carbocycles. The van der Waals surface area contributed by atoms with E-state index in [9.17, 15) is 18.0 Å². The molecule has 3 aliphatic carbocycles. The van der Waals surface area contributed by atoms with Crippen molar-refractivity contribution >= 4 is 22.0 Å². The summed E-state index contributed by atoms with van der Waals surface area (Å²) >= 11 is 0. The zero-order valence-corrected chi connectivity index (χ0v) is 24.9. The molecule has 7 nitrogen and oxygen atoms in total. The standard InChI is InChI=1S/C34H37NO6S/c1-3-34-19-16-23-20-25(40-32(37)24-10-7-11-26(21-24)42(35,38)39)12-13-27(23)28(34)17-18-33(2)29(34)14-15-30(33)41-31(36)22-8-5-4-6-9-22/h4-13,20-21,28-30H,3,14-19H2,1-2H3,(H2,35,38,39)/t28-,29-,30+,33+,34-/m1/s1. The molecule has 3 aliphatic rings. The van der Waals surface area contributed by atoms with Crippen LogP contribution in [0.3, 0.4) is 0 Å². The van der Waals surface area contributed by atoms with Crippen molar-refractivity contribution in [3.8, 4) is 5.75 Å². The number of aryl methyl sites for hydroxylation is 1. The fourth-order valence-electron chi connectivity index (χ4n) is 8.45. The highest BCUT2D eigenvalue weighted by Crippen LogP contribution is 2.68. The third kappa shape index (κ3) is 4.84. The predicted octanol–water partition coefficient (Wildman–Crippen LogP) is 6.42. The highest BCUT2D eigenvalue weighted by atomic mass is 32.2. The first kappa shape index (κ1) is 28.6. The summed E-state index contributed by atoms with van der Waals surface area (Å²) in [7, 11) is -3.93. The van der Waals surface area contributed by atoms with Crippen LogP contribution in [0, 0.1) is 16.7 Å². The molecule has 0 saturated heterocycles. The second kappa shape index (κ2) is 10.7. The molecular formula is C34H37NO6S. The molecule has 8 heteroatoms. The summed E-state index contributed by atoms with van der Waals surface area (Å²) in [4.78, 5) is 25.7. The SMILES string of the molecule is CC[C@@]12CCc3cc(OC(=O)c4cccc(S(N)(=O)=O)c4)ccc3[C@H]1CC[C@]1(C)[C@@H](OC(=O)c3ccccc3)CC[C@H]12. The van der Waals surface area contributed by atoms with E-state index in [4.69, 9.17) is 14.6 Å². The number of nitrogens with two attached hydrogens (primary N) is 1. The Morgan fingerprint density at radius 3 is 2.40 bits per heavy atom. The number of primary sulfonamides is 1. The number of hydrogen-bond acceptors (Lipinski definition) is 6. The van der Waals surface area contributed by atoms with Crippen LogP contribution in [0.25, 0.3) is 0 Å². The smallest absolute Gasteiger partial charge is 0.343 e. The molecule has 0 heterocycles. The molecule has 2 fully saturated rings. The predicted molar refractivity (Wildman–Crippen MR) is 159 cm³/mol. The lowest BCUT2D eigenvalue weighted by Gasteiger charge is -2.58. The number of rotatable bonds is 6. The van der Waals surface area contributed by atoms with Gasteiger partial charge < -0.3 is 9.47 Å². The van der Waals surface area contributed by atoms with Gasteiger partial charge in [0.05, 0.1) is 16.0 Å². The van der Waals surface area contributed by atoms with Gasteiger partial charge in [-0.1, -0.05) is 44.2 Å². The Bertz CT molecular complexity index is 1640. The monoisotopic (exact) mass is 587 g/mol. The van der Waals surface area contributed by atoms with Crippen molar-refractivity contribution in [1.29, 1.82) is 0 Å². The van der Waals surface area contributed by atoms with Crippen molar-refractivity contribution in [3.63, 3.8) is 0 Å². The van der Waals surface area contributed by atoms with Gasteiger partial charge in [0.25, 0.3) is 0 Å². The van der Waals surface area contributed by atoms with Crippen LogP contribution in [0.2, 0.25) is 0 Å². The number of esters is 2. The molecule has 3 aromatic rings. The second-order valence-corrected chi connectivity index (χ2v) is 14.0. The largest absolute Gasteiger partial charge is 0.458 e. The summed E-state index contributed by atoms with van der Waals surface area (Å²) in [5.41, 5.74) is 3.31. The Kier molecular flexibility index (Phi) is 7.26. The molecule has 0 aromatic heterocycles. The maximum atomic E-state index is 13.0. The number of fused-ring (bicyclic) bond motifs is 5. The zero-order chi connectivity index (χ0) is 29.7. The van der Waals surface area contributed by atoms with E-state index in [-0.39, 0.29) is 33.4 Å². The zero-order valence-electron chi connectivity index (χ0n) is 24.0. The van der Waals surface area contributed by atoms with Gasteiger partial charge in [-0.3, -0.25) is 0 Å². The molecule has 0 unspecified atom stereocenters. The summed E-state index contributed by atoms with van der Waals surface area (Å²) in [6.45, 7) is 4.64. The van der Waals surface area contributed by atoms with E-state index in [2.05, 4.69) is 19.9 Å². The minimum atomic E-state index is -3.93. The molecule has 2 saturated carbocycles. The Labute approximate surface area is 247 Å². The quantitative estimate of drug-likeness (QED) is 0.263. The van der Waals surface area contributed by atoms with E-state index in [1.165, 1.54) is 35.4 Å². The summed E-state index contributed by atoms with van der Waals surface area (Å²) in [6.07, 6.45) is 6.85. The van der Waals surface area contributed by atoms with Gasteiger partial charge in [-0.2, -0.15) is 0 Å². The van der Waals surface area contributed by atoms with Crippen molar-refractivity contribution < 1.29 is 27.5 Å². The minimum Gasteiger partial charge on any atom is -0.458 e. The first-order chi connectivity index (χ1) is 20.0. The lowest BCUT2D eigenvalue weighted by molar-refractivity contribution is -0.0842. The summed E-state index contributed by atoms with van der Waals surface area (Å²) < 4.78 is 35.3. The van der Waals surface area contributed by atoms with Gasteiger partial charge in [0.1, 0.15) is 11.9 Å². The number of ether oxygens (including phenoxy) is 2. The lowest BCUT2D eigenvalue weighted by Crippen LogP contribution is -2.52. The van der Waals surface area contributed by atoms with E-state index in [0.29, 0.717) is 23.1 Å². The van der Waals surface area contributed by atoms with E-state index >= 15 is 0 Å². The van der Waals surface area contributed by atoms with Gasteiger partial charge in [0.2, 0.25) is 10.0 Å². The minimum absolute atomic E-state index is 0.0600. The highest BCUT2D eigenvalue weighted by molar-refractivity contribution is 7.89. The third-order valence-corrected chi connectivity index (χ3v) is 11.4. The van der Waals surface area contributed by atoms with E-state index < -0.39 is 16.0 Å². The third-order valence-electron chi connectivity index (χ3n) is 10.5. The van der Waals surface area contributed by atoms with Crippen molar-refractivity contribution in [3.05, 3.63) is 95.1 Å². The Hall–Kier alpha value is -3.49. The van der Waals surface area contributed by atoms with Crippen molar-refractivity contribution in [2.45, 2.75) is 75.7 Å². The van der Waals surface area contributed by atoms with E-state index in [1.54, 1.807) is 0 Å². The molecule has 220 valence electrons. The molecule has 0 spiro atoms. The summed E-state index contributed by atoms with van der Waals surface area (Å²) in [5.74, 6) is 0.429. The number of sulfonamides is 1. The van der Waals surface area contributed by atoms with Crippen molar-refractivity contribution in [2.75, 3.05) is 0 Å². The van der Waals surface area contributed by atoms with Gasteiger partial charge in [-0.25, -0.2) is 23.1 Å². The van der Waals surface area contributed by atoms with Crippen molar-refractivity contribution in [2.24, 2.45) is 21.9 Å². The molecule has 5 atom stereocenters. The van der Waals surface area contributed by atoms with Crippen LogP contribution < -0.4 is 9.88 Å². The molecule has 0 amide bonds. The van der Waals surface area contributed by atoms with Crippen LogP contribution in [0.1, 0.15) is 90.1 Å². The first-order valence-corrected chi connectivity index (χ1v) is 16.3. The van der Waals surface area contributed by atoms with Gasteiger partial charge in [0, 0.05) is 5.41 Å². The fraction of sp³-hybridized carbons (Fsp3) is 0.412. The van der Waals surface area contributed by atoms with Gasteiger partial charge in [0.15, 0.2) is 0 Å². The highest BCUT2D eigenvalue weighted by Gasteiger charge is 2.62. The average molecular weight is 588 g/mol. The van der Waals surface area contributed by atoms with Gasteiger partial charge in [-0.05, 0) is 116 Å². The molecular weight excluding hydrogens is 550 g/mol. The van der Waals surface area contributed by atoms with Crippen LogP contribution in [0.5, 0.6) is 5.75 Å². The van der Waals surface area contributed by atoms with Crippen LogP contribution in [0.4, 0.5) is 0 Å². The molecule has 0 aliphatic heterocycles. The van der Waals surface area contributed by atoms with Crippen molar-refractivity contribution in [1.82, 2.24) is 0 Å². The van der Waals surface area contributed by atoms with Gasteiger partial charge >= 0.3 is 11.9 Å². The number of carbonyl (C=O) groups is 2. The van der Waals surface area contributed by atoms with Crippen LogP contribution in [-0.2, 0) is 21.2 Å². The van der Waals surface area contributed by atoms with E-state index in [1.807, 2.05) is 42.5 Å². The van der Waals surface area contributed by atoms with Gasteiger partial charge in [-0.15, -0.1) is 0 Å². The van der Waals surface area contributed by atoms with E-state index in [0.717, 1.165) is 44.9 Å². The Balaban J connectivity index is 1.21. The Morgan fingerprint density at radius 1 is 0.905 bits per heavy atom. The number of carbonyl (C=O) groups excluding carboxylic acids is 2. The Morgan fingerprint density at radius 2 is 1.67 bits per heavy atom. The normalized spacial score (nSPS) is 28.2. The fourth-order valence-corrected chi connectivity index (χ4v) is 9.01. The summed E-state index contributed by atoms with van der Waals surface area (Å²) in [5, 5.41) is 5.22. The molecule has 42 heavy (non-hydrogen) atoms. The number of hydrogen-bond donors (Lipinski definition) is 1. The maximum absolute atomic E-state index is 13.0. The average Bonchev–Trinajstić information content (AvgIpc) is 3.33. The molecule has 2 N–H and O–H groups in total. The second-order valence-electron chi connectivity index (χ2n) is 12.4. The first-order valence-electron chi connectivity index (χ1n) is 14.8. The van der Waals surface area contributed by atoms with Crippen LogP contribution >= 0.6 is 0 Å². The maximum Gasteiger partial charge on any atom is 0.343 e. The lowest BCUT2D eigenvalue weighted by atomic mass is 9.46. The molecule has 0 bridgehead atoms. The van der Waals surface area contributed by atoms with Crippen LogP contribution in [-0.4, -0.2) is 26.5 Å². The van der Waals surface area contributed by atoms with Crippen LogP contribution in [0.15, 0.2) is 77.7 Å². The molecule has 6 rings (SSSR count). The number of benzene rings is 3.